The number of ether oxygens (including phenoxy) is 1. The molecular formula is C20H30IN5O. The van der Waals surface area contributed by atoms with Gasteiger partial charge in [0.25, 0.3) is 0 Å². The van der Waals surface area contributed by atoms with E-state index in [1.807, 2.05) is 31.0 Å². The number of hydrogen-bond acceptors (Lipinski definition) is 3. The molecule has 0 radical (unpaired) electrons. The zero-order valence-corrected chi connectivity index (χ0v) is 18.5. The number of guanidine groups is 1. The molecule has 1 heterocycles. The van der Waals surface area contributed by atoms with Gasteiger partial charge in [-0.3, -0.25) is 9.67 Å². The van der Waals surface area contributed by atoms with Crippen LogP contribution in [0.3, 0.4) is 0 Å². The van der Waals surface area contributed by atoms with Gasteiger partial charge in [0, 0.05) is 45.6 Å². The van der Waals surface area contributed by atoms with Crippen LogP contribution in [0.15, 0.2) is 47.7 Å². The van der Waals surface area contributed by atoms with Crippen molar-refractivity contribution < 1.29 is 4.74 Å². The van der Waals surface area contributed by atoms with Crippen molar-refractivity contribution in [2.45, 2.75) is 25.9 Å². The lowest BCUT2D eigenvalue weighted by Gasteiger charge is -2.21. The van der Waals surface area contributed by atoms with Crippen molar-refractivity contribution in [2.75, 3.05) is 33.9 Å². The van der Waals surface area contributed by atoms with Crippen LogP contribution in [0.25, 0.3) is 0 Å². The van der Waals surface area contributed by atoms with E-state index >= 15 is 0 Å². The molecule has 3 rings (SSSR count). The van der Waals surface area contributed by atoms with E-state index in [0.29, 0.717) is 6.54 Å². The van der Waals surface area contributed by atoms with Crippen molar-refractivity contribution >= 4 is 29.9 Å². The second-order valence-electron chi connectivity index (χ2n) is 6.87. The molecule has 2 aromatic rings. The number of nitrogens with zero attached hydrogens (tertiary/aromatic N) is 4. The largest absolute Gasteiger partial charge is 0.379 e. The molecule has 0 bridgehead atoms. The van der Waals surface area contributed by atoms with Crippen molar-refractivity contribution in [3.8, 4) is 0 Å². The third-order valence-corrected chi connectivity index (χ3v) is 4.52. The van der Waals surface area contributed by atoms with E-state index in [4.69, 9.17) is 4.74 Å². The van der Waals surface area contributed by atoms with Gasteiger partial charge in [0.1, 0.15) is 0 Å². The predicted octanol–water partition coefficient (Wildman–Crippen LogP) is 2.98. The van der Waals surface area contributed by atoms with Crippen molar-refractivity contribution in [1.29, 1.82) is 0 Å². The fourth-order valence-electron chi connectivity index (χ4n) is 2.76. The van der Waals surface area contributed by atoms with Gasteiger partial charge >= 0.3 is 0 Å². The smallest absolute Gasteiger partial charge is 0.193 e. The van der Waals surface area contributed by atoms with Gasteiger partial charge in [-0.2, -0.15) is 5.10 Å². The monoisotopic (exact) mass is 483 g/mol. The number of halogens is 1. The molecule has 1 N–H and O–H groups in total. The number of benzene rings is 1. The third-order valence-electron chi connectivity index (χ3n) is 4.52. The molecule has 0 spiro atoms. The van der Waals surface area contributed by atoms with E-state index in [1.165, 1.54) is 18.4 Å². The normalized spacial score (nSPS) is 13.9. The Morgan fingerprint density at radius 2 is 2.07 bits per heavy atom. The van der Waals surface area contributed by atoms with E-state index < -0.39 is 0 Å². The lowest BCUT2D eigenvalue weighted by molar-refractivity contribution is 0.115. The van der Waals surface area contributed by atoms with Gasteiger partial charge < -0.3 is 15.0 Å². The Bertz CT molecular complexity index is 699. The van der Waals surface area contributed by atoms with E-state index in [0.717, 1.165) is 43.7 Å². The van der Waals surface area contributed by atoms with Crippen LogP contribution in [0.4, 0.5) is 0 Å². The van der Waals surface area contributed by atoms with Gasteiger partial charge in [0.2, 0.25) is 0 Å². The summed E-state index contributed by atoms with van der Waals surface area (Å²) in [5, 5.41) is 7.84. The van der Waals surface area contributed by atoms with Crippen LogP contribution in [0.5, 0.6) is 0 Å². The number of nitrogens with one attached hydrogen (secondary N) is 1. The molecule has 1 aliphatic carbocycles. The Morgan fingerprint density at radius 3 is 2.78 bits per heavy atom. The summed E-state index contributed by atoms with van der Waals surface area (Å²) in [6.07, 6.45) is 6.64. The van der Waals surface area contributed by atoms with E-state index in [9.17, 15) is 0 Å². The maximum atomic E-state index is 5.71. The molecule has 1 fully saturated rings. The molecule has 1 aromatic heterocycles. The predicted molar refractivity (Wildman–Crippen MR) is 120 cm³/mol. The SMILES string of the molecule is CN=C(NCc1cnn(Cc2ccccc2)c1)N(C)CCOCC1CC1.I. The van der Waals surface area contributed by atoms with Crippen LogP contribution in [0.1, 0.15) is 24.0 Å². The minimum atomic E-state index is 0. The number of aliphatic imine (C=N–C) groups is 1. The quantitative estimate of drug-likeness (QED) is 0.258. The highest BCUT2D eigenvalue weighted by Crippen LogP contribution is 2.28. The fourth-order valence-corrected chi connectivity index (χ4v) is 2.76. The first-order valence-corrected chi connectivity index (χ1v) is 9.29. The molecule has 0 saturated heterocycles. The average molecular weight is 483 g/mol. The molecule has 6 nitrogen and oxygen atoms in total. The molecule has 0 aliphatic heterocycles. The summed E-state index contributed by atoms with van der Waals surface area (Å²) in [4.78, 5) is 6.45. The van der Waals surface area contributed by atoms with Gasteiger partial charge in [0.15, 0.2) is 5.96 Å². The highest BCUT2D eigenvalue weighted by molar-refractivity contribution is 14.0. The van der Waals surface area contributed by atoms with Crippen molar-refractivity contribution in [3.05, 3.63) is 53.9 Å². The average Bonchev–Trinajstić information content (AvgIpc) is 3.38. The van der Waals surface area contributed by atoms with Gasteiger partial charge in [-0.15, -0.1) is 24.0 Å². The zero-order valence-electron chi connectivity index (χ0n) is 16.2. The van der Waals surface area contributed by atoms with Crippen molar-refractivity contribution in [3.63, 3.8) is 0 Å². The maximum absolute atomic E-state index is 5.71. The van der Waals surface area contributed by atoms with Gasteiger partial charge in [-0.1, -0.05) is 30.3 Å². The van der Waals surface area contributed by atoms with Crippen molar-refractivity contribution in [1.82, 2.24) is 20.0 Å². The molecule has 0 unspecified atom stereocenters. The van der Waals surface area contributed by atoms with E-state index in [1.54, 1.807) is 0 Å². The Kier molecular flexibility index (Phi) is 9.06. The van der Waals surface area contributed by atoms with Crippen LogP contribution >= 0.6 is 24.0 Å². The molecule has 0 amide bonds. The van der Waals surface area contributed by atoms with Crippen molar-refractivity contribution in [2.24, 2.45) is 10.9 Å². The minimum Gasteiger partial charge on any atom is -0.379 e. The van der Waals surface area contributed by atoms with Gasteiger partial charge in [-0.25, -0.2) is 0 Å². The van der Waals surface area contributed by atoms with E-state index in [-0.39, 0.29) is 24.0 Å². The molecular weight excluding hydrogens is 453 g/mol. The standard InChI is InChI=1S/C20H29N5O.HI/c1-21-20(24(2)10-11-26-16-18-8-9-18)22-12-19-13-23-25(15-19)14-17-6-4-3-5-7-17;/h3-7,13,15,18H,8-12,14,16H2,1-2H3,(H,21,22);1H. The van der Waals surface area contributed by atoms with Crippen LogP contribution in [-0.4, -0.2) is 54.5 Å². The summed E-state index contributed by atoms with van der Waals surface area (Å²) in [6.45, 7) is 3.96. The first-order chi connectivity index (χ1) is 12.7. The summed E-state index contributed by atoms with van der Waals surface area (Å²) in [5.41, 5.74) is 2.39. The summed E-state index contributed by atoms with van der Waals surface area (Å²) in [7, 11) is 3.84. The van der Waals surface area contributed by atoms with Crippen LogP contribution < -0.4 is 5.32 Å². The minimum absolute atomic E-state index is 0. The second kappa shape index (κ2) is 11.3. The number of hydrogen-bond donors (Lipinski definition) is 1. The fraction of sp³-hybridized carbons (Fsp3) is 0.500. The lowest BCUT2D eigenvalue weighted by Crippen LogP contribution is -2.40. The third kappa shape index (κ3) is 7.50. The van der Waals surface area contributed by atoms with Gasteiger partial charge in [-0.05, 0) is 24.3 Å². The second-order valence-corrected chi connectivity index (χ2v) is 6.87. The molecule has 1 aromatic carbocycles. The highest BCUT2D eigenvalue weighted by Gasteiger charge is 2.21. The molecule has 1 aliphatic rings. The zero-order chi connectivity index (χ0) is 18.2. The van der Waals surface area contributed by atoms with Crippen LogP contribution in [0.2, 0.25) is 0 Å². The summed E-state index contributed by atoms with van der Waals surface area (Å²) >= 11 is 0. The molecule has 1 saturated carbocycles. The van der Waals surface area contributed by atoms with Gasteiger partial charge in [0.05, 0.1) is 19.3 Å². The number of aromatic nitrogens is 2. The first kappa shape index (κ1) is 21.7. The maximum Gasteiger partial charge on any atom is 0.193 e. The summed E-state index contributed by atoms with van der Waals surface area (Å²) in [6, 6.07) is 10.4. The molecule has 27 heavy (non-hydrogen) atoms. The highest BCUT2D eigenvalue weighted by atomic mass is 127. The number of rotatable bonds is 9. The van der Waals surface area contributed by atoms with Crippen LogP contribution in [0, 0.1) is 5.92 Å². The lowest BCUT2D eigenvalue weighted by atomic mass is 10.2. The summed E-state index contributed by atoms with van der Waals surface area (Å²) < 4.78 is 7.67. The van der Waals surface area contributed by atoms with Crippen LogP contribution in [-0.2, 0) is 17.8 Å². The molecule has 0 atom stereocenters. The molecule has 148 valence electrons. The first-order valence-electron chi connectivity index (χ1n) is 9.29. The Balaban J connectivity index is 0.00000261. The Morgan fingerprint density at radius 1 is 1.30 bits per heavy atom. The Labute approximate surface area is 179 Å². The van der Waals surface area contributed by atoms with E-state index in [2.05, 4.69) is 50.8 Å². The Hall–Kier alpha value is -1.61. The molecule has 7 heteroatoms. The number of likely N-dealkylation sites (N-methyl/N-ethyl adjacent to an activating group) is 1. The topological polar surface area (TPSA) is 54.7 Å². The summed E-state index contributed by atoms with van der Waals surface area (Å²) in [5.74, 6) is 1.68.